The van der Waals surface area contributed by atoms with E-state index in [-0.39, 0.29) is 6.04 Å². The van der Waals surface area contributed by atoms with Gasteiger partial charge in [0, 0.05) is 11.8 Å². The number of aromatic amines is 1. The quantitative estimate of drug-likeness (QED) is 0.744. The molecular formula is C12H17N5O. The van der Waals surface area contributed by atoms with E-state index in [1.54, 1.807) is 7.11 Å². The van der Waals surface area contributed by atoms with E-state index in [2.05, 4.69) is 20.5 Å². The average molecular weight is 247 g/mol. The number of nitrogens with zero attached hydrogens (tertiary/aromatic N) is 2. The summed E-state index contributed by atoms with van der Waals surface area (Å²) >= 11 is 0. The zero-order valence-electron chi connectivity index (χ0n) is 10.5. The van der Waals surface area contributed by atoms with Crippen molar-refractivity contribution in [1.82, 2.24) is 15.2 Å². The van der Waals surface area contributed by atoms with E-state index >= 15 is 0 Å². The zero-order valence-corrected chi connectivity index (χ0v) is 10.5. The van der Waals surface area contributed by atoms with E-state index in [9.17, 15) is 0 Å². The summed E-state index contributed by atoms with van der Waals surface area (Å²) in [5, 5.41) is 10.1. The molecule has 0 aliphatic carbocycles. The van der Waals surface area contributed by atoms with Crippen LogP contribution in [0, 0.1) is 0 Å². The number of hydrogen-bond acceptors (Lipinski definition) is 5. The zero-order chi connectivity index (χ0) is 13.0. The van der Waals surface area contributed by atoms with Crippen LogP contribution in [0.15, 0.2) is 24.3 Å². The van der Waals surface area contributed by atoms with Crippen molar-refractivity contribution in [2.75, 3.05) is 12.4 Å². The molecule has 1 aromatic carbocycles. The second kappa shape index (κ2) is 5.50. The summed E-state index contributed by atoms with van der Waals surface area (Å²) in [6.07, 6.45) is 0. The fourth-order valence-electron chi connectivity index (χ4n) is 1.51. The van der Waals surface area contributed by atoms with E-state index in [1.807, 2.05) is 31.2 Å². The highest BCUT2D eigenvalue weighted by atomic mass is 16.5. The Labute approximate surface area is 106 Å². The molecule has 0 aliphatic heterocycles. The molecule has 96 valence electrons. The van der Waals surface area contributed by atoms with Gasteiger partial charge < -0.3 is 15.8 Å². The van der Waals surface area contributed by atoms with Gasteiger partial charge in [-0.25, -0.2) is 4.98 Å². The molecule has 0 spiro atoms. The Balaban J connectivity index is 1.97. The Morgan fingerprint density at radius 2 is 2.33 bits per heavy atom. The Bertz CT molecular complexity index is 509. The molecule has 0 saturated carbocycles. The van der Waals surface area contributed by atoms with Crippen molar-refractivity contribution in [3.05, 3.63) is 35.9 Å². The Morgan fingerprint density at radius 3 is 3.00 bits per heavy atom. The lowest BCUT2D eigenvalue weighted by atomic mass is 10.3. The number of methoxy groups -OCH3 is 1. The lowest BCUT2D eigenvalue weighted by Crippen LogP contribution is -2.07. The van der Waals surface area contributed by atoms with Crippen LogP contribution in [0.2, 0.25) is 0 Å². The average Bonchev–Trinajstić information content (AvgIpc) is 2.85. The van der Waals surface area contributed by atoms with Crippen LogP contribution in [0.25, 0.3) is 0 Å². The van der Waals surface area contributed by atoms with Gasteiger partial charge in [0.2, 0.25) is 0 Å². The first-order chi connectivity index (χ1) is 8.69. The van der Waals surface area contributed by atoms with Gasteiger partial charge in [0.25, 0.3) is 0 Å². The van der Waals surface area contributed by atoms with Gasteiger partial charge in [-0.3, -0.25) is 5.10 Å². The number of aromatic nitrogens is 3. The third-order valence-corrected chi connectivity index (χ3v) is 2.49. The summed E-state index contributed by atoms with van der Waals surface area (Å²) in [7, 11) is 1.64. The molecule has 18 heavy (non-hydrogen) atoms. The summed E-state index contributed by atoms with van der Waals surface area (Å²) < 4.78 is 5.15. The van der Waals surface area contributed by atoms with Crippen molar-refractivity contribution in [2.45, 2.75) is 19.5 Å². The fourth-order valence-corrected chi connectivity index (χ4v) is 1.51. The maximum absolute atomic E-state index is 5.69. The van der Waals surface area contributed by atoms with Gasteiger partial charge in [-0.05, 0) is 19.1 Å². The highest BCUT2D eigenvalue weighted by molar-refractivity contribution is 5.48. The predicted octanol–water partition coefficient (Wildman–Crippen LogP) is 1.45. The lowest BCUT2D eigenvalue weighted by Gasteiger charge is -2.06. The topological polar surface area (TPSA) is 88.8 Å². The Morgan fingerprint density at radius 1 is 1.50 bits per heavy atom. The number of ether oxygens (including phenoxy) is 1. The second-order valence-electron chi connectivity index (χ2n) is 4.01. The monoisotopic (exact) mass is 247 g/mol. The van der Waals surface area contributed by atoms with Gasteiger partial charge in [0.1, 0.15) is 11.6 Å². The number of hydrogen-bond donors (Lipinski definition) is 3. The minimum atomic E-state index is -0.160. The van der Waals surface area contributed by atoms with Gasteiger partial charge in [-0.15, -0.1) is 0 Å². The van der Waals surface area contributed by atoms with Crippen LogP contribution in [0.5, 0.6) is 5.75 Å². The third-order valence-electron chi connectivity index (χ3n) is 2.49. The first-order valence-electron chi connectivity index (χ1n) is 5.73. The minimum Gasteiger partial charge on any atom is -0.497 e. The van der Waals surface area contributed by atoms with E-state index in [4.69, 9.17) is 10.5 Å². The molecule has 0 radical (unpaired) electrons. The molecule has 6 nitrogen and oxygen atoms in total. The number of benzene rings is 1. The van der Waals surface area contributed by atoms with Crippen molar-refractivity contribution in [3.63, 3.8) is 0 Å². The van der Waals surface area contributed by atoms with Gasteiger partial charge in [0.15, 0.2) is 5.82 Å². The van der Waals surface area contributed by atoms with Crippen LogP contribution >= 0.6 is 0 Å². The molecule has 2 rings (SSSR count). The molecule has 0 aliphatic rings. The summed E-state index contributed by atoms with van der Waals surface area (Å²) in [5.74, 6) is 2.19. The molecule has 1 atom stereocenters. The molecule has 0 saturated heterocycles. The summed E-state index contributed by atoms with van der Waals surface area (Å²) in [5.41, 5.74) is 6.66. The van der Waals surface area contributed by atoms with Crippen molar-refractivity contribution in [3.8, 4) is 5.75 Å². The normalized spacial score (nSPS) is 12.2. The highest BCUT2D eigenvalue weighted by Gasteiger charge is 2.06. The summed E-state index contributed by atoms with van der Waals surface area (Å²) in [6.45, 7) is 2.41. The van der Waals surface area contributed by atoms with Gasteiger partial charge in [-0.2, -0.15) is 5.10 Å². The van der Waals surface area contributed by atoms with E-state index in [1.165, 1.54) is 0 Å². The van der Waals surface area contributed by atoms with E-state index < -0.39 is 0 Å². The first-order valence-corrected chi connectivity index (χ1v) is 5.73. The molecule has 0 unspecified atom stereocenters. The Kier molecular flexibility index (Phi) is 3.78. The molecule has 1 aromatic heterocycles. The van der Waals surface area contributed by atoms with Crippen LogP contribution in [0.4, 0.5) is 5.69 Å². The van der Waals surface area contributed by atoms with Crippen LogP contribution in [0.1, 0.15) is 24.6 Å². The van der Waals surface area contributed by atoms with Crippen molar-refractivity contribution < 1.29 is 4.74 Å². The standard InChI is InChI=1S/C12H17N5O/c1-8(13)12-15-11(16-17-12)7-14-9-4-3-5-10(6-9)18-2/h3-6,8,14H,7,13H2,1-2H3,(H,15,16,17)/t8-/m1/s1. The number of nitrogens with one attached hydrogen (secondary N) is 2. The van der Waals surface area contributed by atoms with Gasteiger partial charge in [0.05, 0.1) is 19.7 Å². The molecule has 0 fully saturated rings. The SMILES string of the molecule is COc1cccc(NCc2nc([C@@H](C)N)n[nH]2)c1. The smallest absolute Gasteiger partial charge is 0.167 e. The highest BCUT2D eigenvalue weighted by Crippen LogP contribution is 2.17. The van der Waals surface area contributed by atoms with E-state index in [0.29, 0.717) is 12.4 Å². The maximum atomic E-state index is 5.69. The Hall–Kier alpha value is -2.08. The minimum absolute atomic E-state index is 0.160. The predicted molar refractivity (Wildman–Crippen MR) is 69.3 cm³/mol. The summed E-state index contributed by atoms with van der Waals surface area (Å²) in [4.78, 5) is 4.28. The number of H-pyrrole nitrogens is 1. The fraction of sp³-hybridized carbons (Fsp3) is 0.333. The van der Waals surface area contributed by atoms with Crippen LogP contribution in [-0.4, -0.2) is 22.3 Å². The van der Waals surface area contributed by atoms with Gasteiger partial charge in [-0.1, -0.05) is 6.07 Å². The molecule has 6 heteroatoms. The largest absolute Gasteiger partial charge is 0.497 e. The van der Waals surface area contributed by atoms with Crippen LogP contribution in [0.3, 0.4) is 0 Å². The van der Waals surface area contributed by atoms with E-state index in [0.717, 1.165) is 17.3 Å². The number of nitrogens with two attached hydrogens (primary N) is 1. The molecule has 2 aromatic rings. The van der Waals surface area contributed by atoms with Crippen molar-refractivity contribution >= 4 is 5.69 Å². The molecule has 0 bridgehead atoms. The van der Waals surface area contributed by atoms with Crippen LogP contribution in [-0.2, 0) is 6.54 Å². The first kappa shape index (κ1) is 12.4. The maximum Gasteiger partial charge on any atom is 0.167 e. The molecule has 4 N–H and O–H groups in total. The lowest BCUT2D eigenvalue weighted by molar-refractivity contribution is 0.415. The van der Waals surface area contributed by atoms with Crippen molar-refractivity contribution in [2.24, 2.45) is 5.73 Å². The molecule has 0 amide bonds. The number of anilines is 1. The van der Waals surface area contributed by atoms with Crippen molar-refractivity contribution in [1.29, 1.82) is 0 Å². The van der Waals surface area contributed by atoms with Gasteiger partial charge >= 0.3 is 0 Å². The number of rotatable bonds is 5. The van der Waals surface area contributed by atoms with Crippen LogP contribution < -0.4 is 15.8 Å². The third kappa shape index (κ3) is 2.98. The molecule has 1 heterocycles. The summed E-state index contributed by atoms with van der Waals surface area (Å²) in [6, 6.07) is 7.54. The second-order valence-corrected chi connectivity index (χ2v) is 4.01. The molecular weight excluding hydrogens is 230 g/mol.